The van der Waals surface area contributed by atoms with Crippen LogP contribution in [0.25, 0.3) is 0 Å². The number of rotatable bonds is 7. The van der Waals surface area contributed by atoms with Gasteiger partial charge in [-0.25, -0.2) is 4.79 Å². The molecule has 0 radical (unpaired) electrons. The van der Waals surface area contributed by atoms with E-state index in [9.17, 15) is 9.59 Å². The number of halogens is 1. The van der Waals surface area contributed by atoms with Gasteiger partial charge in [-0.15, -0.1) is 12.4 Å². The minimum Gasteiger partial charge on any atom is -0.341 e. The first-order chi connectivity index (χ1) is 14.2. The molecule has 0 bridgehead atoms. The second-order valence-electron chi connectivity index (χ2n) is 7.41. The number of hydrogen-bond acceptors (Lipinski definition) is 3. The number of benzene rings is 2. The van der Waals surface area contributed by atoms with Crippen molar-refractivity contribution < 1.29 is 9.59 Å². The fourth-order valence-corrected chi connectivity index (χ4v) is 3.71. The number of anilines is 1. The largest absolute Gasteiger partial charge is 0.341 e. The van der Waals surface area contributed by atoms with E-state index in [-0.39, 0.29) is 30.3 Å². The summed E-state index contributed by atoms with van der Waals surface area (Å²) in [4.78, 5) is 29.1. The van der Waals surface area contributed by atoms with Gasteiger partial charge in [-0.2, -0.15) is 0 Å². The van der Waals surface area contributed by atoms with E-state index in [4.69, 9.17) is 5.73 Å². The van der Waals surface area contributed by atoms with Gasteiger partial charge in [0.2, 0.25) is 5.91 Å². The summed E-state index contributed by atoms with van der Waals surface area (Å²) in [6, 6.07) is 19.5. The fourth-order valence-electron chi connectivity index (χ4n) is 3.71. The average Bonchev–Trinajstić information content (AvgIpc) is 2.77. The number of nitrogens with zero attached hydrogens (tertiary/aromatic N) is 2. The maximum Gasteiger partial charge on any atom is 0.321 e. The molecule has 2 aromatic carbocycles. The Bertz CT molecular complexity index is 780. The summed E-state index contributed by atoms with van der Waals surface area (Å²) in [5.41, 5.74) is 7.75. The highest BCUT2D eigenvalue weighted by atomic mass is 35.5. The summed E-state index contributed by atoms with van der Waals surface area (Å²) in [7, 11) is 0. The number of para-hydroxylation sites is 1. The van der Waals surface area contributed by atoms with Crippen LogP contribution in [0, 0.1) is 5.92 Å². The lowest BCUT2D eigenvalue weighted by Gasteiger charge is -2.34. The molecule has 6 nitrogen and oxygen atoms in total. The molecule has 2 aromatic rings. The van der Waals surface area contributed by atoms with Crippen LogP contribution >= 0.6 is 12.4 Å². The molecule has 162 valence electrons. The SMILES string of the molecule is Cl.NCCN(CCc1ccccc1)C(=O)C1CCN(C(=O)Nc2ccccc2)CC1. The van der Waals surface area contributed by atoms with Gasteiger partial charge < -0.3 is 20.9 Å². The molecule has 0 atom stereocenters. The van der Waals surface area contributed by atoms with Crippen molar-refractivity contribution in [3.05, 3.63) is 66.2 Å². The molecule has 3 rings (SSSR count). The highest BCUT2D eigenvalue weighted by Gasteiger charge is 2.30. The molecule has 1 heterocycles. The number of nitrogens with two attached hydrogens (primary N) is 1. The molecular weight excluding hydrogens is 400 g/mol. The number of piperidine rings is 1. The van der Waals surface area contributed by atoms with Gasteiger partial charge in [0, 0.05) is 44.3 Å². The molecule has 0 unspecified atom stereocenters. The molecule has 30 heavy (non-hydrogen) atoms. The topological polar surface area (TPSA) is 78.7 Å². The van der Waals surface area contributed by atoms with Gasteiger partial charge in [0.1, 0.15) is 0 Å². The molecule has 0 saturated carbocycles. The number of likely N-dealkylation sites (tertiary alicyclic amines) is 1. The second kappa shape index (κ2) is 12.2. The standard InChI is InChI=1S/C23H30N4O2.ClH/c24-14-18-26(15-11-19-7-3-1-4-8-19)22(28)20-12-16-27(17-13-20)23(29)25-21-9-5-2-6-10-21;/h1-10,20H,11-18,24H2,(H,25,29);1H. The molecule has 0 aromatic heterocycles. The highest BCUT2D eigenvalue weighted by molar-refractivity contribution is 5.89. The first kappa shape index (κ1) is 23.7. The molecule has 0 spiro atoms. The van der Waals surface area contributed by atoms with Crippen LogP contribution in [0.1, 0.15) is 18.4 Å². The first-order valence-electron chi connectivity index (χ1n) is 10.3. The van der Waals surface area contributed by atoms with Crippen LogP contribution < -0.4 is 11.1 Å². The van der Waals surface area contributed by atoms with Crippen LogP contribution in [0.4, 0.5) is 10.5 Å². The zero-order valence-electron chi connectivity index (χ0n) is 17.2. The molecular formula is C23H31ClN4O2. The molecule has 7 heteroatoms. The minimum atomic E-state index is -0.106. The Morgan fingerprint density at radius 2 is 1.57 bits per heavy atom. The second-order valence-corrected chi connectivity index (χ2v) is 7.41. The number of carbonyl (C=O) groups is 2. The Morgan fingerprint density at radius 3 is 2.17 bits per heavy atom. The normalized spacial score (nSPS) is 14.0. The Labute approximate surface area is 184 Å². The van der Waals surface area contributed by atoms with Gasteiger partial charge in [-0.3, -0.25) is 4.79 Å². The minimum absolute atomic E-state index is 0. The van der Waals surface area contributed by atoms with Crippen LogP contribution in [0.3, 0.4) is 0 Å². The van der Waals surface area contributed by atoms with E-state index in [1.807, 2.05) is 53.4 Å². The summed E-state index contributed by atoms with van der Waals surface area (Å²) < 4.78 is 0. The highest BCUT2D eigenvalue weighted by Crippen LogP contribution is 2.21. The van der Waals surface area contributed by atoms with Crippen molar-refractivity contribution in [2.24, 2.45) is 11.7 Å². The van der Waals surface area contributed by atoms with Gasteiger partial charge in [-0.1, -0.05) is 48.5 Å². The third-order valence-corrected chi connectivity index (χ3v) is 5.38. The van der Waals surface area contributed by atoms with E-state index in [1.54, 1.807) is 4.90 Å². The van der Waals surface area contributed by atoms with Crippen LogP contribution in [-0.4, -0.2) is 54.5 Å². The van der Waals surface area contributed by atoms with Gasteiger partial charge in [0.25, 0.3) is 0 Å². The number of carbonyl (C=O) groups excluding carboxylic acids is 2. The molecule has 1 fully saturated rings. The van der Waals surface area contributed by atoms with Crippen molar-refractivity contribution in [2.75, 3.05) is 38.0 Å². The molecule has 3 N–H and O–H groups in total. The van der Waals surface area contributed by atoms with E-state index < -0.39 is 0 Å². The van der Waals surface area contributed by atoms with E-state index >= 15 is 0 Å². The zero-order valence-corrected chi connectivity index (χ0v) is 18.0. The lowest BCUT2D eigenvalue weighted by molar-refractivity contribution is -0.136. The smallest absolute Gasteiger partial charge is 0.321 e. The third kappa shape index (κ3) is 6.75. The van der Waals surface area contributed by atoms with E-state index in [0.29, 0.717) is 45.6 Å². The Balaban J connectivity index is 0.00000320. The van der Waals surface area contributed by atoms with Gasteiger partial charge in [-0.05, 0) is 37.0 Å². The lowest BCUT2D eigenvalue weighted by atomic mass is 9.95. The predicted octanol–water partition coefficient (Wildman–Crippen LogP) is 3.38. The van der Waals surface area contributed by atoms with Crippen molar-refractivity contribution >= 4 is 30.0 Å². The van der Waals surface area contributed by atoms with Crippen molar-refractivity contribution in [2.45, 2.75) is 19.3 Å². The van der Waals surface area contributed by atoms with Crippen molar-refractivity contribution in [3.8, 4) is 0 Å². The van der Waals surface area contributed by atoms with Crippen LogP contribution in [0.5, 0.6) is 0 Å². The summed E-state index contributed by atoms with van der Waals surface area (Å²) in [6.07, 6.45) is 2.20. The van der Waals surface area contributed by atoms with Crippen molar-refractivity contribution in [1.82, 2.24) is 9.80 Å². The zero-order chi connectivity index (χ0) is 20.5. The Morgan fingerprint density at radius 1 is 0.967 bits per heavy atom. The molecule has 1 aliphatic heterocycles. The van der Waals surface area contributed by atoms with E-state index in [2.05, 4.69) is 17.4 Å². The molecule has 1 aliphatic rings. The summed E-state index contributed by atoms with van der Waals surface area (Å²) in [6.45, 7) is 2.88. The predicted molar refractivity (Wildman–Crippen MR) is 123 cm³/mol. The Kier molecular flexibility index (Phi) is 9.64. The van der Waals surface area contributed by atoms with E-state index in [1.165, 1.54) is 5.56 Å². The summed E-state index contributed by atoms with van der Waals surface area (Å²) in [5, 5.41) is 2.91. The van der Waals surface area contributed by atoms with Crippen LogP contribution in [-0.2, 0) is 11.2 Å². The van der Waals surface area contributed by atoms with Crippen LogP contribution in [0.15, 0.2) is 60.7 Å². The number of nitrogens with one attached hydrogen (secondary N) is 1. The molecule has 0 aliphatic carbocycles. The number of urea groups is 1. The lowest BCUT2D eigenvalue weighted by Crippen LogP contribution is -2.47. The van der Waals surface area contributed by atoms with Gasteiger partial charge in [0.15, 0.2) is 0 Å². The fraction of sp³-hybridized carbons (Fsp3) is 0.391. The first-order valence-corrected chi connectivity index (χ1v) is 10.3. The maximum atomic E-state index is 13.0. The third-order valence-electron chi connectivity index (χ3n) is 5.38. The van der Waals surface area contributed by atoms with Gasteiger partial charge in [0.05, 0.1) is 0 Å². The molecule has 1 saturated heterocycles. The van der Waals surface area contributed by atoms with Crippen molar-refractivity contribution in [1.29, 1.82) is 0 Å². The Hall–Kier alpha value is -2.57. The maximum absolute atomic E-state index is 13.0. The average molecular weight is 431 g/mol. The quantitative estimate of drug-likeness (QED) is 0.706. The van der Waals surface area contributed by atoms with Crippen LogP contribution in [0.2, 0.25) is 0 Å². The summed E-state index contributed by atoms with van der Waals surface area (Å²) >= 11 is 0. The monoisotopic (exact) mass is 430 g/mol. The number of amides is 3. The van der Waals surface area contributed by atoms with Gasteiger partial charge >= 0.3 is 6.03 Å². The van der Waals surface area contributed by atoms with E-state index in [0.717, 1.165) is 12.1 Å². The van der Waals surface area contributed by atoms with Crippen molar-refractivity contribution in [3.63, 3.8) is 0 Å². The molecule has 3 amide bonds. The summed E-state index contributed by atoms with van der Waals surface area (Å²) in [5.74, 6) is 0.118. The number of hydrogen-bond donors (Lipinski definition) is 2.